The standard InChI is InChI=1S/C17H23NO3/c1-17(2)13-18(8-10-21-17)12-15-11-16(20-3)7-6-14(15)5-4-9-19/h6-7,11,19H,8-10,12-13H2,1-3H3. The van der Waals surface area contributed by atoms with Crippen LogP contribution in [0.1, 0.15) is 25.0 Å². The van der Waals surface area contributed by atoms with Gasteiger partial charge in [0.1, 0.15) is 12.4 Å². The van der Waals surface area contributed by atoms with Crippen molar-refractivity contribution >= 4 is 0 Å². The molecular formula is C17H23NO3. The summed E-state index contributed by atoms with van der Waals surface area (Å²) in [7, 11) is 1.66. The SMILES string of the molecule is COc1ccc(C#CCO)c(CN2CCOC(C)(C)C2)c1. The van der Waals surface area contributed by atoms with Gasteiger partial charge in [0, 0.05) is 25.2 Å². The Morgan fingerprint density at radius 3 is 2.90 bits per heavy atom. The van der Waals surface area contributed by atoms with Crippen LogP contribution in [0.4, 0.5) is 0 Å². The van der Waals surface area contributed by atoms with Crippen LogP contribution >= 0.6 is 0 Å². The van der Waals surface area contributed by atoms with Crippen molar-refractivity contribution in [1.29, 1.82) is 0 Å². The summed E-state index contributed by atoms with van der Waals surface area (Å²) in [6.07, 6.45) is 0. The van der Waals surface area contributed by atoms with Gasteiger partial charge in [-0.3, -0.25) is 4.90 Å². The highest BCUT2D eigenvalue weighted by Crippen LogP contribution is 2.22. The number of methoxy groups -OCH3 is 1. The molecule has 1 heterocycles. The molecule has 1 N–H and O–H groups in total. The number of morpholine rings is 1. The van der Waals surface area contributed by atoms with Crippen LogP contribution < -0.4 is 4.74 Å². The van der Waals surface area contributed by atoms with Crippen LogP contribution in [0, 0.1) is 11.8 Å². The molecule has 4 heteroatoms. The van der Waals surface area contributed by atoms with E-state index in [1.54, 1.807) is 7.11 Å². The van der Waals surface area contributed by atoms with Crippen molar-refractivity contribution in [3.05, 3.63) is 29.3 Å². The zero-order chi connectivity index (χ0) is 15.3. The molecule has 1 aromatic rings. The zero-order valence-corrected chi connectivity index (χ0v) is 13.0. The lowest BCUT2D eigenvalue weighted by atomic mass is 10.0. The monoisotopic (exact) mass is 289 g/mol. The number of hydrogen-bond donors (Lipinski definition) is 1. The molecule has 0 unspecified atom stereocenters. The van der Waals surface area contributed by atoms with Crippen molar-refractivity contribution in [3.63, 3.8) is 0 Å². The molecule has 0 amide bonds. The van der Waals surface area contributed by atoms with E-state index in [0.29, 0.717) is 0 Å². The maximum Gasteiger partial charge on any atom is 0.119 e. The lowest BCUT2D eigenvalue weighted by molar-refractivity contribution is -0.0882. The third-order valence-corrected chi connectivity index (χ3v) is 3.51. The fourth-order valence-electron chi connectivity index (χ4n) is 2.57. The minimum Gasteiger partial charge on any atom is -0.497 e. The Kier molecular flexibility index (Phi) is 5.24. The molecule has 1 aliphatic rings. The van der Waals surface area contributed by atoms with Gasteiger partial charge in [0.25, 0.3) is 0 Å². The summed E-state index contributed by atoms with van der Waals surface area (Å²) in [4.78, 5) is 2.36. The van der Waals surface area contributed by atoms with Gasteiger partial charge in [-0.25, -0.2) is 0 Å². The molecular weight excluding hydrogens is 266 g/mol. The predicted molar refractivity (Wildman–Crippen MR) is 82.3 cm³/mol. The lowest BCUT2D eigenvalue weighted by Gasteiger charge is -2.38. The normalized spacial score (nSPS) is 17.9. The molecule has 1 saturated heterocycles. The zero-order valence-electron chi connectivity index (χ0n) is 13.0. The Labute approximate surface area is 126 Å². The van der Waals surface area contributed by atoms with Crippen LogP contribution in [-0.4, -0.2) is 49.0 Å². The van der Waals surface area contributed by atoms with Crippen LogP contribution in [0.25, 0.3) is 0 Å². The first-order chi connectivity index (χ1) is 10.0. The largest absolute Gasteiger partial charge is 0.497 e. The van der Waals surface area contributed by atoms with E-state index in [1.807, 2.05) is 18.2 Å². The van der Waals surface area contributed by atoms with Gasteiger partial charge in [-0.1, -0.05) is 11.8 Å². The summed E-state index contributed by atoms with van der Waals surface area (Å²) in [6, 6.07) is 5.86. The third kappa shape index (κ3) is 4.47. The number of rotatable bonds is 3. The molecule has 0 aliphatic carbocycles. The third-order valence-electron chi connectivity index (χ3n) is 3.51. The number of ether oxygens (including phenoxy) is 2. The molecule has 0 spiro atoms. The van der Waals surface area contributed by atoms with Crippen LogP contribution in [0.15, 0.2) is 18.2 Å². The molecule has 0 aromatic heterocycles. The Hall–Kier alpha value is -1.54. The average Bonchev–Trinajstić information content (AvgIpc) is 2.45. The summed E-state index contributed by atoms with van der Waals surface area (Å²) < 4.78 is 11.0. The van der Waals surface area contributed by atoms with E-state index in [2.05, 4.69) is 30.6 Å². The van der Waals surface area contributed by atoms with Crippen LogP contribution in [0.3, 0.4) is 0 Å². The second-order valence-corrected chi connectivity index (χ2v) is 5.80. The van der Waals surface area contributed by atoms with E-state index < -0.39 is 0 Å². The van der Waals surface area contributed by atoms with Gasteiger partial charge >= 0.3 is 0 Å². The summed E-state index contributed by atoms with van der Waals surface area (Å²) in [6.45, 7) is 7.43. The Morgan fingerprint density at radius 2 is 2.24 bits per heavy atom. The number of aliphatic hydroxyl groups is 1. The maximum absolute atomic E-state index is 8.88. The Bertz CT molecular complexity index is 543. The van der Waals surface area contributed by atoms with Gasteiger partial charge in [0.15, 0.2) is 0 Å². The number of aliphatic hydroxyl groups excluding tert-OH is 1. The van der Waals surface area contributed by atoms with Gasteiger partial charge in [-0.2, -0.15) is 0 Å². The number of benzene rings is 1. The van der Waals surface area contributed by atoms with Gasteiger partial charge in [0.2, 0.25) is 0 Å². The van der Waals surface area contributed by atoms with Crippen molar-refractivity contribution in [2.24, 2.45) is 0 Å². The second kappa shape index (κ2) is 6.95. The first-order valence-corrected chi connectivity index (χ1v) is 7.17. The fourth-order valence-corrected chi connectivity index (χ4v) is 2.57. The van der Waals surface area contributed by atoms with E-state index in [4.69, 9.17) is 14.6 Å². The number of hydrogen-bond acceptors (Lipinski definition) is 4. The molecule has 4 nitrogen and oxygen atoms in total. The molecule has 21 heavy (non-hydrogen) atoms. The van der Waals surface area contributed by atoms with Gasteiger partial charge in [-0.15, -0.1) is 0 Å². The van der Waals surface area contributed by atoms with Gasteiger partial charge in [0.05, 0.1) is 19.3 Å². The Morgan fingerprint density at radius 1 is 1.43 bits per heavy atom. The van der Waals surface area contributed by atoms with Crippen LogP contribution in [-0.2, 0) is 11.3 Å². The van der Waals surface area contributed by atoms with Crippen molar-refractivity contribution in [2.75, 3.05) is 33.4 Å². The van der Waals surface area contributed by atoms with E-state index in [0.717, 1.165) is 43.1 Å². The molecule has 0 atom stereocenters. The highest BCUT2D eigenvalue weighted by molar-refractivity contribution is 5.45. The van der Waals surface area contributed by atoms with Crippen LogP contribution in [0.5, 0.6) is 5.75 Å². The minimum atomic E-state index is -0.129. The summed E-state index contributed by atoms with van der Waals surface area (Å²) in [5.74, 6) is 6.55. The summed E-state index contributed by atoms with van der Waals surface area (Å²) in [5, 5.41) is 8.88. The summed E-state index contributed by atoms with van der Waals surface area (Å²) >= 11 is 0. The maximum atomic E-state index is 8.88. The van der Waals surface area contributed by atoms with Gasteiger partial charge in [-0.05, 0) is 37.6 Å². The average molecular weight is 289 g/mol. The van der Waals surface area contributed by atoms with E-state index in [1.165, 1.54) is 0 Å². The van der Waals surface area contributed by atoms with E-state index in [9.17, 15) is 0 Å². The van der Waals surface area contributed by atoms with Crippen molar-refractivity contribution in [3.8, 4) is 17.6 Å². The molecule has 1 aromatic carbocycles. The van der Waals surface area contributed by atoms with Crippen molar-refractivity contribution < 1.29 is 14.6 Å². The van der Waals surface area contributed by atoms with Crippen molar-refractivity contribution in [1.82, 2.24) is 4.90 Å². The molecule has 1 fully saturated rings. The summed E-state index contributed by atoms with van der Waals surface area (Å²) in [5.41, 5.74) is 1.94. The quantitative estimate of drug-likeness (QED) is 0.859. The molecule has 0 bridgehead atoms. The molecule has 0 saturated carbocycles. The van der Waals surface area contributed by atoms with E-state index >= 15 is 0 Å². The Balaban J connectivity index is 2.20. The smallest absolute Gasteiger partial charge is 0.119 e. The molecule has 0 radical (unpaired) electrons. The van der Waals surface area contributed by atoms with Gasteiger partial charge < -0.3 is 14.6 Å². The molecule has 114 valence electrons. The minimum absolute atomic E-state index is 0.117. The molecule has 2 rings (SSSR count). The second-order valence-electron chi connectivity index (χ2n) is 5.80. The first-order valence-electron chi connectivity index (χ1n) is 7.17. The predicted octanol–water partition coefficient (Wildman–Crippen LogP) is 1.65. The van der Waals surface area contributed by atoms with Crippen molar-refractivity contribution in [2.45, 2.75) is 26.0 Å². The fraction of sp³-hybridized carbons (Fsp3) is 0.529. The lowest BCUT2D eigenvalue weighted by Crippen LogP contribution is -2.47. The molecule has 1 aliphatic heterocycles. The topological polar surface area (TPSA) is 41.9 Å². The highest BCUT2D eigenvalue weighted by Gasteiger charge is 2.27. The first kappa shape index (κ1) is 15.8. The van der Waals surface area contributed by atoms with Crippen LogP contribution in [0.2, 0.25) is 0 Å². The number of nitrogens with zero attached hydrogens (tertiary/aromatic N) is 1. The van der Waals surface area contributed by atoms with E-state index in [-0.39, 0.29) is 12.2 Å². The highest BCUT2D eigenvalue weighted by atomic mass is 16.5.